The molecular formula is C11H6BrClN2O2. The van der Waals surface area contributed by atoms with Crippen molar-refractivity contribution in [2.75, 3.05) is 0 Å². The highest BCUT2D eigenvalue weighted by atomic mass is 79.9. The molecule has 0 bridgehead atoms. The van der Waals surface area contributed by atoms with Crippen LogP contribution < -0.4 is 0 Å². The molecule has 0 aliphatic heterocycles. The highest BCUT2D eigenvalue weighted by Gasteiger charge is 2.12. The maximum absolute atomic E-state index is 10.9. The SMILES string of the molecule is O=C(O)c1cc(Cl)nc(-c2ccccc2Br)n1. The molecule has 86 valence electrons. The highest BCUT2D eigenvalue weighted by Crippen LogP contribution is 2.26. The van der Waals surface area contributed by atoms with Crippen LogP contribution in [0.25, 0.3) is 11.4 Å². The van der Waals surface area contributed by atoms with Crippen molar-refractivity contribution in [3.63, 3.8) is 0 Å². The fourth-order valence-electron chi connectivity index (χ4n) is 1.29. The van der Waals surface area contributed by atoms with Gasteiger partial charge in [0.15, 0.2) is 11.5 Å². The quantitative estimate of drug-likeness (QED) is 0.864. The Morgan fingerprint density at radius 2 is 2.00 bits per heavy atom. The number of hydrogen-bond donors (Lipinski definition) is 1. The van der Waals surface area contributed by atoms with Crippen LogP contribution in [-0.2, 0) is 0 Å². The summed E-state index contributed by atoms with van der Waals surface area (Å²) in [4.78, 5) is 18.8. The molecule has 17 heavy (non-hydrogen) atoms. The summed E-state index contributed by atoms with van der Waals surface area (Å²) >= 11 is 9.12. The second-order valence-corrected chi connectivity index (χ2v) is 4.43. The third kappa shape index (κ3) is 2.62. The zero-order valence-corrected chi connectivity index (χ0v) is 10.7. The van der Waals surface area contributed by atoms with Crippen molar-refractivity contribution in [2.45, 2.75) is 0 Å². The van der Waals surface area contributed by atoms with E-state index in [9.17, 15) is 4.79 Å². The number of carboxylic acids is 1. The first kappa shape index (κ1) is 12.0. The normalized spacial score (nSPS) is 10.2. The van der Waals surface area contributed by atoms with Crippen LogP contribution in [-0.4, -0.2) is 21.0 Å². The molecule has 0 atom stereocenters. The fourth-order valence-corrected chi connectivity index (χ4v) is 1.94. The number of halogens is 2. The summed E-state index contributed by atoms with van der Waals surface area (Å²) in [7, 11) is 0. The standard InChI is InChI=1S/C11H6BrClN2O2/c12-7-4-2-1-3-6(7)10-14-8(11(16)17)5-9(13)15-10/h1-5H,(H,16,17). The average Bonchev–Trinajstić information content (AvgIpc) is 2.28. The largest absolute Gasteiger partial charge is 0.477 e. The minimum Gasteiger partial charge on any atom is -0.477 e. The number of benzene rings is 1. The number of aromatic nitrogens is 2. The van der Waals surface area contributed by atoms with Crippen molar-refractivity contribution in [3.8, 4) is 11.4 Å². The summed E-state index contributed by atoms with van der Waals surface area (Å²) in [5, 5.41) is 8.99. The summed E-state index contributed by atoms with van der Waals surface area (Å²) in [6.45, 7) is 0. The summed E-state index contributed by atoms with van der Waals surface area (Å²) in [5.74, 6) is -0.857. The predicted molar refractivity (Wildman–Crippen MR) is 67.1 cm³/mol. The minimum absolute atomic E-state index is 0.100. The molecule has 0 fully saturated rings. The Kier molecular flexibility index (Phi) is 3.40. The Balaban J connectivity index is 2.60. The number of rotatable bonds is 2. The molecule has 1 aromatic heterocycles. The van der Waals surface area contributed by atoms with E-state index in [1.165, 1.54) is 6.07 Å². The minimum atomic E-state index is -1.14. The molecule has 1 heterocycles. The molecule has 0 saturated carbocycles. The molecule has 4 nitrogen and oxygen atoms in total. The van der Waals surface area contributed by atoms with Gasteiger partial charge < -0.3 is 5.11 Å². The van der Waals surface area contributed by atoms with Crippen LogP contribution in [0, 0.1) is 0 Å². The fraction of sp³-hybridized carbons (Fsp3) is 0. The van der Waals surface area contributed by atoms with E-state index >= 15 is 0 Å². The Bertz CT molecular complexity index is 589. The summed E-state index contributed by atoms with van der Waals surface area (Å²) in [6, 6.07) is 8.46. The molecular weight excluding hydrogens is 307 g/mol. The summed E-state index contributed by atoms with van der Waals surface area (Å²) < 4.78 is 0.776. The number of aromatic carboxylic acids is 1. The second kappa shape index (κ2) is 4.81. The summed E-state index contributed by atoms with van der Waals surface area (Å²) in [5.41, 5.74) is 0.563. The molecule has 1 aromatic carbocycles. The first-order valence-electron chi connectivity index (χ1n) is 4.60. The van der Waals surface area contributed by atoms with Crippen LogP contribution in [0.3, 0.4) is 0 Å². The van der Waals surface area contributed by atoms with Crippen molar-refractivity contribution < 1.29 is 9.90 Å². The molecule has 0 aliphatic rings. The number of nitrogens with zero attached hydrogens (tertiary/aromatic N) is 2. The monoisotopic (exact) mass is 312 g/mol. The second-order valence-electron chi connectivity index (χ2n) is 3.18. The highest BCUT2D eigenvalue weighted by molar-refractivity contribution is 9.10. The van der Waals surface area contributed by atoms with E-state index in [2.05, 4.69) is 25.9 Å². The smallest absolute Gasteiger partial charge is 0.354 e. The average molecular weight is 314 g/mol. The lowest BCUT2D eigenvalue weighted by molar-refractivity contribution is 0.0690. The van der Waals surface area contributed by atoms with Crippen LogP contribution in [0.2, 0.25) is 5.15 Å². The van der Waals surface area contributed by atoms with Gasteiger partial charge in [-0.3, -0.25) is 0 Å². The molecule has 6 heteroatoms. The van der Waals surface area contributed by atoms with Crippen molar-refractivity contribution in [1.82, 2.24) is 9.97 Å². The van der Waals surface area contributed by atoms with E-state index in [1.54, 1.807) is 6.07 Å². The van der Waals surface area contributed by atoms with Crippen LogP contribution in [0.4, 0.5) is 0 Å². The van der Waals surface area contributed by atoms with E-state index in [0.717, 1.165) is 4.47 Å². The lowest BCUT2D eigenvalue weighted by Gasteiger charge is -2.04. The van der Waals surface area contributed by atoms with E-state index < -0.39 is 5.97 Å². The van der Waals surface area contributed by atoms with Crippen LogP contribution in [0.15, 0.2) is 34.8 Å². The molecule has 0 amide bonds. The van der Waals surface area contributed by atoms with Gasteiger partial charge in [0.05, 0.1) is 0 Å². The Hall–Kier alpha value is -1.46. The number of hydrogen-bond acceptors (Lipinski definition) is 3. The van der Waals surface area contributed by atoms with Crippen LogP contribution in [0.5, 0.6) is 0 Å². The van der Waals surface area contributed by atoms with Gasteiger partial charge in [0, 0.05) is 16.1 Å². The number of carbonyl (C=O) groups is 1. The number of carboxylic acid groups (broad SMARTS) is 1. The zero-order valence-electron chi connectivity index (χ0n) is 8.39. The van der Waals surface area contributed by atoms with Gasteiger partial charge >= 0.3 is 5.97 Å². The van der Waals surface area contributed by atoms with Gasteiger partial charge in [-0.05, 0) is 6.07 Å². The van der Waals surface area contributed by atoms with Crippen molar-refractivity contribution in [3.05, 3.63) is 45.7 Å². The van der Waals surface area contributed by atoms with Gasteiger partial charge in [-0.15, -0.1) is 0 Å². The molecule has 0 spiro atoms. The Morgan fingerprint density at radius 3 is 2.65 bits per heavy atom. The Labute approximate surface area is 110 Å². The van der Waals surface area contributed by atoms with Gasteiger partial charge in [-0.2, -0.15) is 0 Å². The van der Waals surface area contributed by atoms with Gasteiger partial charge in [0.1, 0.15) is 5.15 Å². The first-order chi connectivity index (χ1) is 8.08. The van der Waals surface area contributed by atoms with Crippen LogP contribution >= 0.6 is 27.5 Å². The topological polar surface area (TPSA) is 63.1 Å². The van der Waals surface area contributed by atoms with Gasteiger partial charge in [0.25, 0.3) is 0 Å². The molecule has 0 unspecified atom stereocenters. The van der Waals surface area contributed by atoms with Gasteiger partial charge in [0.2, 0.25) is 0 Å². The maximum Gasteiger partial charge on any atom is 0.354 e. The van der Waals surface area contributed by atoms with E-state index in [4.69, 9.17) is 16.7 Å². The van der Waals surface area contributed by atoms with Crippen LogP contribution in [0.1, 0.15) is 10.5 Å². The summed E-state index contributed by atoms with van der Waals surface area (Å²) in [6.07, 6.45) is 0. The third-order valence-electron chi connectivity index (χ3n) is 2.03. The van der Waals surface area contributed by atoms with Gasteiger partial charge in [-0.1, -0.05) is 45.7 Å². The van der Waals surface area contributed by atoms with Crippen molar-refractivity contribution in [1.29, 1.82) is 0 Å². The lowest BCUT2D eigenvalue weighted by Crippen LogP contribution is -2.03. The first-order valence-corrected chi connectivity index (χ1v) is 5.78. The van der Waals surface area contributed by atoms with E-state index in [-0.39, 0.29) is 16.7 Å². The maximum atomic E-state index is 10.9. The lowest BCUT2D eigenvalue weighted by atomic mass is 10.2. The third-order valence-corrected chi connectivity index (χ3v) is 2.91. The molecule has 1 N–H and O–H groups in total. The molecule has 0 aliphatic carbocycles. The predicted octanol–water partition coefficient (Wildman–Crippen LogP) is 3.26. The van der Waals surface area contributed by atoms with E-state index in [1.807, 2.05) is 18.2 Å². The van der Waals surface area contributed by atoms with E-state index in [0.29, 0.717) is 5.56 Å². The molecule has 0 radical (unpaired) electrons. The van der Waals surface area contributed by atoms with Gasteiger partial charge in [-0.25, -0.2) is 14.8 Å². The molecule has 2 rings (SSSR count). The van der Waals surface area contributed by atoms with Crippen molar-refractivity contribution >= 4 is 33.5 Å². The molecule has 0 saturated heterocycles. The molecule has 2 aromatic rings. The zero-order chi connectivity index (χ0) is 12.4. The Morgan fingerprint density at radius 1 is 1.29 bits per heavy atom. The van der Waals surface area contributed by atoms with Crippen molar-refractivity contribution in [2.24, 2.45) is 0 Å².